The van der Waals surface area contributed by atoms with Crippen molar-refractivity contribution in [1.29, 1.82) is 0 Å². The lowest BCUT2D eigenvalue weighted by molar-refractivity contribution is 0.176. The van der Waals surface area contributed by atoms with Gasteiger partial charge in [0, 0.05) is 16.4 Å². The molecule has 18 heavy (non-hydrogen) atoms. The third kappa shape index (κ3) is 5.59. The van der Waals surface area contributed by atoms with Crippen LogP contribution in [0.3, 0.4) is 0 Å². The monoisotopic (exact) mass is 333 g/mol. The van der Waals surface area contributed by atoms with Crippen molar-refractivity contribution in [2.24, 2.45) is 5.41 Å². The zero-order valence-electron chi connectivity index (χ0n) is 11.2. The molecule has 0 fully saturated rings. The SMILES string of the molecule is CCCNCC(C)(C)COc1ccc(Br)cc1Cl. The van der Waals surface area contributed by atoms with E-state index in [1.54, 1.807) is 0 Å². The second kappa shape index (κ2) is 7.37. The third-order valence-electron chi connectivity index (χ3n) is 2.54. The Labute approximate surface area is 123 Å². The average Bonchev–Trinajstić information content (AvgIpc) is 2.28. The Hall–Kier alpha value is -0.250. The Morgan fingerprint density at radius 1 is 1.39 bits per heavy atom. The van der Waals surface area contributed by atoms with Crippen LogP contribution in [0, 0.1) is 5.41 Å². The molecule has 0 atom stereocenters. The van der Waals surface area contributed by atoms with Crippen LogP contribution in [-0.2, 0) is 0 Å². The lowest BCUT2D eigenvalue weighted by atomic mass is 9.95. The summed E-state index contributed by atoms with van der Waals surface area (Å²) in [5, 5.41) is 4.06. The molecule has 0 saturated heterocycles. The Morgan fingerprint density at radius 2 is 2.11 bits per heavy atom. The first-order valence-corrected chi connectivity index (χ1v) is 7.40. The lowest BCUT2D eigenvalue weighted by Crippen LogP contribution is -2.34. The maximum absolute atomic E-state index is 6.11. The van der Waals surface area contributed by atoms with Crippen LogP contribution >= 0.6 is 27.5 Å². The molecule has 0 aliphatic rings. The Balaban J connectivity index is 2.48. The second-order valence-electron chi connectivity index (χ2n) is 5.20. The van der Waals surface area contributed by atoms with Crippen LogP contribution in [0.25, 0.3) is 0 Å². The van der Waals surface area contributed by atoms with E-state index >= 15 is 0 Å². The van der Waals surface area contributed by atoms with Crippen LogP contribution in [0.4, 0.5) is 0 Å². The predicted octanol–water partition coefficient (Wildman–Crippen LogP) is 4.51. The highest BCUT2D eigenvalue weighted by Gasteiger charge is 2.19. The molecule has 0 bridgehead atoms. The number of benzene rings is 1. The summed E-state index contributed by atoms with van der Waals surface area (Å²) in [5.41, 5.74) is 0.0889. The van der Waals surface area contributed by atoms with Crippen molar-refractivity contribution >= 4 is 27.5 Å². The van der Waals surface area contributed by atoms with Crippen molar-refractivity contribution in [3.8, 4) is 5.75 Å². The first-order chi connectivity index (χ1) is 8.44. The molecule has 1 rings (SSSR count). The molecule has 0 saturated carbocycles. The van der Waals surface area contributed by atoms with Crippen molar-refractivity contribution in [2.45, 2.75) is 27.2 Å². The summed E-state index contributed by atoms with van der Waals surface area (Å²) >= 11 is 9.49. The number of hydrogen-bond acceptors (Lipinski definition) is 2. The topological polar surface area (TPSA) is 21.3 Å². The highest BCUT2D eigenvalue weighted by atomic mass is 79.9. The summed E-state index contributed by atoms with van der Waals surface area (Å²) in [6.45, 7) is 9.16. The minimum Gasteiger partial charge on any atom is -0.491 e. The highest BCUT2D eigenvalue weighted by Crippen LogP contribution is 2.29. The van der Waals surface area contributed by atoms with E-state index in [4.69, 9.17) is 16.3 Å². The number of ether oxygens (including phenoxy) is 1. The predicted molar refractivity (Wildman–Crippen MR) is 81.6 cm³/mol. The molecule has 0 radical (unpaired) electrons. The molecular weight excluding hydrogens is 314 g/mol. The van der Waals surface area contributed by atoms with E-state index in [9.17, 15) is 0 Å². The van der Waals surface area contributed by atoms with Gasteiger partial charge in [-0.1, -0.05) is 48.3 Å². The van der Waals surface area contributed by atoms with Gasteiger partial charge in [0.15, 0.2) is 0 Å². The van der Waals surface area contributed by atoms with Gasteiger partial charge in [0.1, 0.15) is 5.75 Å². The Morgan fingerprint density at radius 3 is 2.72 bits per heavy atom. The van der Waals surface area contributed by atoms with Gasteiger partial charge in [0.05, 0.1) is 11.6 Å². The van der Waals surface area contributed by atoms with Crippen molar-refractivity contribution in [2.75, 3.05) is 19.7 Å². The van der Waals surface area contributed by atoms with E-state index in [1.165, 1.54) is 0 Å². The van der Waals surface area contributed by atoms with E-state index in [1.807, 2.05) is 18.2 Å². The fourth-order valence-corrected chi connectivity index (χ4v) is 2.25. The van der Waals surface area contributed by atoms with Crippen LogP contribution in [-0.4, -0.2) is 19.7 Å². The summed E-state index contributed by atoms with van der Waals surface area (Å²) in [6.07, 6.45) is 1.15. The molecule has 1 N–H and O–H groups in total. The van der Waals surface area contributed by atoms with Gasteiger partial charge in [-0.3, -0.25) is 0 Å². The van der Waals surface area contributed by atoms with Gasteiger partial charge >= 0.3 is 0 Å². The largest absolute Gasteiger partial charge is 0.491 e. The zero-order chi connectivity index (χ0) is 13.6. The smallest absolute Gasteiger partial charge is 0.137 e. The summed E-state index contributed by atoms with van der Waals surface area (Å²) in [5.74, 6) is 0.739. The van der Waals surface area contributed by atoms with E-state index in [0.717, 1.165) is 29.7 Å². The van der Waals surface area contributed by atoms with Crippen LogP contribution in [0.15, 0.2) is 22.7 Å². The molecule has 1 aromatic rings. The van der Waals surface area contributed by atoms with E-state index < -0.39 is 0 Å². The number of halogens is 2. The molecule has 0 spiro atoms. The van der Waals surface area contributed by atoms with Gasteiger partial charge < -0.3 is 10.1 Å². The maximum atomic E-state index is 6.11. The van der Waals surface area contributed by atoms with Gasteiger partial charge in [-0.15, -0.1) is 0 Å². The summed E-state index contributed by atoms with van der Waals surface area (Å²) in [7, 11) is 0. The van der Waals surface area contributed by atoms with Gasteiger partial charge in [-0.25, -0.2) is 0 Å². The molecule has 0 aromatic heterocycles. The number of rotatable bonds is 7. The van der Waals surface area contributed by atoms with Crippen molar-refractivity contribution in [3.63, 3.8) is 0 Å². The van der Waals surface area contributed by atoms with Crippen molar-refractivity contribution < 1.29 is 4.74 Å². The standard InChI is InChI=1S/C14H21BrClNO/c1-4-7-17-9-14(2,3)10-18-13-6-5-11(15)8-12(13)16/h5-6,8,17H,4,7,9-10H2,1-3H3. The fraction of sp³-hybridized carbons (Fsp3) is 0.571. The minimum atomic E-state index is 0.0889. The molecule has 0 unspecified atom stereocenters. The second-order valence-corrected chi connectivity index (χ2v) is 6.53. The molecule has 0 aliphatic carbocycles. The third-order valence-corrected chi connectivity index (χ3v) is 3.33. The summed E-state index contributed by atoms with van der Waals surface area (Å²) in [6, 6.07) is 5.67. The molecule has 2 nitrogen and oxygen atoms in total. The minimum absolute atomic E-state index is 0.0889. The van der Waals surface area contributed by atoms with Gasteiger partial charge in [-0.05, 0) is 31.2 Å². The van der Waals surface area contributed by atoms with Gasteiger partial charge in [-0.2, -0.15) is 0 Å². The van der Waals surface area contributed by atoms with E-state index in [-0.39, 0.29) is 5.41 Å². The van der Waals surface area contributed by atoms with Gasteiger partial charge in [0.2, 0.25) is 0 Å². The molecule has 0 amide bonds. The maximum Gasteiger partial charge on any atom is 0.137 e. The molecule has 4 heteroatoms. The number of nitrogens with one attached hydrogen (secondary N) is 1. The van der Waals surface area contributed by atoms with E-state index in [0.29, 0.717) is 11.6 Å². The fourth-order valence-electron chi connectivity index (χ4n) is 1.52. The lowest BCUT2D eigenvalue weighted by Gasteiger charge is -2.25. The first kappa shape index (κ1) is 15.8. The van der Waals surface area contributed by atoms with Gasteiger partial charge in [0.25, 0.3) is 0 Å². The molecule has 102 valence electrons. The van der Waals surface area contributed by atoms with Crippen molar-refractivity contribution in [1.82, 2.24) is 5.32 Å². The summed E-state index contributed by atoms with van der Waals surface area (Å²) in [4.78, 5) is 0. The first-order valence-electron chi connectivity index (χ1n) is 6.23. The Kier molecular flexibility index (Phi) is 6.47. The van der Waals surface area contributed by atoms with Crippen molar-refractivity contribution in [3.05, 3.63) is 27.7 Å². The molecule has 0 aliphatic heterocycles. The van der Waals surface area contributed by atoms with E-state index in [2.05, 4.69) is 42.0 Å². The van der Waals surface area contributed by atoms with Crippen LogP contribution in [0.5, 0.6) is 5.75 Å². The quantitative estimate of drug-likeness (QED) is 0.741. The molecule has 0 heterocycles. The van der Waals surface area contributed by atoms with Crippen LogP contribution < -0.4 is 10.1 Å². The number of hydrogen-bond donors (Lipinski definition) is 1. The highest BCUT2D eigenvalue weighted by molar-refractivity contribution is 9.10. The zero-order valence-corrected chi connectivity index (χ0v) is 13.6. The van der Waals surface area contributed by atoms with Crippen LogP contribution in [0.1, 0.15) is 27.2 Å². The normalized spacial score (nSPS) is 11.6. The summed E-state index contributed by atoms with van der Waals surface area (Å²) < 4.78 is 6.76. The Bertz CT molecular complexity index is 382. The molecule has 1 aromatic carbocycles. The molecular formula is C14H21BrClNO. The van der Waals surface area contributed by atoms with Crippen LogP contribution in [0.2, 0.25) is 5.02 Å². The average molecular weight is 335 g/mol.